The van der Waals surface area contributed by atoms with Crippen LogP contribution in [0, 0.1) is 31.9 Å². The van der Waals surface area contributed by atoms with Crippen LogP contribution in [-0.2, 0) is 6.42 Å². The predicted molar refractivity (Wildman–Crippen MR) is 214 cm³/mol. The van der Waals surface area contributed by atoms with Crippen molar-refractivity contribution in [3.05, 3.63) is 90.2 Å². The number of rotatable bonds is 6. The molecule has 0 aliphatic rings. The molecular weight excluding hydrogens is 1370 g/mol. The molecular formula is C28H13F6I7O2. The van der Waals surface area contributed by atoms with Crippen LogP contribution in [0.25, 0.3) is 22.3 Å². The summed E-state index contributed by atoms with van der Waals surface area (Å²) in [5, 5.41) is 0. The van der Waals surface area contributed by atoms with Gasteiger partial charge in [-0.25, -0.2) is 0 Å². The number of hydrogen-bond acceptors (Lipinski definition) is 2. The van der Waals surface area contributed by atoms with Crippen molar-refractivity contribution in [3.63, 3.8) is 0 Å². The van der Waals surface area contributed by atoms with E-state index in [2.05, 4.69) is 102 Å². The highest BCUT2D eigenvalue weighted by molar-refractivity contribution is 14.1. The molecule has 0 unspecified atom stereocenters. The summed E-state index contributed by atoms with van der Waals surface area (Å²) >= 11 is 14.2. The summed E-state index contributed by atoms with van der Waals surface area (Å²) in [6.07, 6.45) is -8.90. The molecule has 0 saturated heterocycles. The summed E-state index contributed by atoms with van der Waals surface area (Å²) < 4.78 is 90.0. The molecule has 0 aliphatic heterocycles. The Hall–Kier alpha value is 1.17. The molecule has 0 saturated carbocycles. The van der Waals surface area contributed by atoms with Crippen molar-refractivity contribution in [1.82, 2.24) is 0 Å². The first-order chi connectivity index (χ1) is 19.8. The van der Waals surface area contributed by atoms with Crippen molar-refractivity contribution < 1.29 is 35.8 Å². The molecule has 15 heteroatoms. The minimum Gasteiger partial charge on any atom is -0.404 e. The molecule has 0 aliphatic carbocycles. The molecule has 0 amide bonds. The molecule has 0 spiro atoms. The van der Waals surface area contributed by atoms with Gasteiger partial charge < -0.3 is 9.47 Å². The topological polar surface area (TPSA) is 18.5 Å². The third kappa shape index (κ3) is 9.63. The number of hydrogen-bond donors (Lipinski definition) is 0. The maximum absolute atomic E-state index is 12.9. The Labute approximate surface area is 338 Å². The van der Waals surface area contributed by atoms with Gasteiger partial charge in [0.1, 0.15) is 0 Å². The van der Waals surface area contributed by atoms with Crippen molar-refractivity contribution in [2.24, 2.45) is 0 Å². The van der Waals surface area contributed by atoms with Crippen LogP contribution in [0.1, 0.15) is 16.7 Å². The highest BCUT2D eigenvalue weighted by atomic mass is 127. The summed E-state index contributed by atoms with van der Waals surface area (Å²) in [6, 6.07) is 15.1. The molecule has 4 rings (SSSR count). The Kier molecular flexibility index (Phi) is 12.7. The van der Waals surface area contributed by atoms with Crippen molar-refractivity contribution in [2.45, 2.75) is 26.1 Å². The average Bonchev–Trinajstić information content (AvgIpc) is 2.82. The van der Waals surface area contributed by atoms with Crippen LogP contribution in [0.3, 0.4) is 0 Å². The van der Waals surface area contributed by atoms with Crippen molar-refractivity contribution >= 4 is 158 Å². The van der Waals surface area contributed by atoms with Crippen LogP contribution in [0.4, 0.5) is 26.3 Å². The van der Waals surface area contributed by atoms with Crippen LogP contribution < -0.4 is 9.47 Å². The molecule has 4 aromatic rings. The van der Waals surface area contributed by atoms with E-state index in [0.29, 0.717) is 20.7 Å². The predicted octanol–water partition coefficient (Wildman–Crippen LogP) is 12.9. The standard InChI is InChI=1S/C28H13F6I7O2/c1-11-2-12(4-16(35)23(11)14-7-19(38)25(20(39)8-14)42-27(29,30)31)3-13-5-17(36)24(18(37)6-13)15-9-21(40)26(22(41)10-15)43-28(32,33)34/h2,4-10H,3H2,1H3. The maximum Gasteiger partial charge on any atom is 0.573 e. The molecule has 0 aromatic heterocycles. The second kappa shape index (κ2) is 14.7. The third-order valence-electron chi connectivity index (χ3n) is 5.87. The van der Waals surface area contributed by atoms with Crippen LogP contribution in [0.15, 0.2) is 48.5 Å². The molecule has 4 aromatic carbocycles. The lowest BCUT2D eigenvalue weighted by molar-refractivity contribution is -0.276. The molecule has 228 valence electrons. The van der Waals surface area contributed by atoms with Gasteiger partial charge in [-0.3, -0.25) is 0 Å². The maximum atomic E-state index is 12.9. The Morgan fingerprint density at radius 2 is 0.814 bits per heavy atom. The molecule has 43 heavy (non-hydrogen) atoms. The van der Waals surface area contributed by atoms with Crippen molar-refractivity contribution in [1.29, 1.82) is 0 Å². The zero-order chi connectivity index (χ0) is 32.0. The number of halogens is 13. The fraction of sp³-hybridized carbons (Fsp3) is 0.143. The first kappa shape index (κ1) is 37.0. The minimum atomic E-state index is -4.77. The SMILES string of the molecule is Cc1cc(Cc2cc(I)c(-c3cc(I)c(OC(F)(F)F)c(I)c3)c(I)c2)cc(I)c1-c1cc(I)c(OC(F)(F)F)c(I)c1. The van der Waals surface area contributed by atoms with Gasteiger partial charge in [0.05, 0.1) is 14.3 Å². The Morgan fingerprint density at radius 1 is 0.488 bits per heavy atom. The highest BCUT2D eigenvalue weighted by Gasteiger charge is 2.34. The van der Waals surface area contributed by atoms with E-state index in [9.17, 15) is 26.3 Å². The lowest BCUT2D eigenvalue weighted by atomic mass is 9.95. The second-order valence-corrected chi connectivity index (χ2v) is 17.1. The van der Waals surface area contributed by atoms with E-state index in [1.165, 1.54) is 0 Å². The normalized spacial score (nSPS) is 12.0. The van der Waals surface area contributed by atoms with Crippen LogP contribution in [-0.4, -0.2) is 12.7 Å². The lowest BCUT2D eigenvalue weighted by Crippen LogP contribution is -2.18. The highest BCUT2D eigenvalue weighted by Crippen LogP contribution is 2.41. The van der Waals surface area contributed by atoms with Crippen molar-refractivity contribution in [2.75, 3.05) is 0 Å². The van der Waals surface area contributed by atoms with Gasteiger partial charge in [-0.2, -0.15) is 0 Å². The zero-order valence-electron chi connectivity index (χ0n) is 21.1. The largest absolute Gasteiger partial charge is 0.573 e. The van der Waals surface area contributed by atoms with E-state index < -0.39 is 12.7 Å². The second-order valence-electron chi connectivity index (χ2n) is 9.01. The van der Waals surface area contributed by atoms with E-state index in [0.717, 1.165) is 49.7 Å². The average molecular weight is 1380 g/mol. The molecule has 0 fully saturated rings. The fourth-order valence-electron chi connectivity index (χ4n) is 4.36. The van der Waals surface area contributed by atoms with Gasteiger partial charge in [0, 0.05) is 16.3 Å². The summed E-state index contributed by atoms with van der Waals surface area (Å²) in [7, 11) is 0. The Balaban J connectivity index is 1.64. The Morgan fingerprint density at radius 3 is 1.16 bits per heavy atom. The number of aryl methyl sites for hydroxylation is 1. The number of ether oxygens (including phenoxy) is 2. The number of benzene rings is 4. The van der Waals surface area contributed by atoms with Gasteiger partial charge in [-0.1, -0.05) is 6.07 Å². The van der Waals surface area contributed by atoms with Gasteiger partial charge in [0.15, 0.2) is 11.5 Å². The molecule has 2 nitrogen and oxygen atoms in total. The van der Waals surface area contributed by atoms with Gasteiger partial charge in [0.25, 0.3) is 0 Å². The van der Waals surface area contributed by atoms with Gasteiger partial charge in [-0.05, 0) is 247 Å². The molecule has 0 heterocycles. The third-order valence-corrected chi connectivity index (χ3v) is 11.6. The summed E-state index contributed by atoms with van der Waals surface area (Å²) in [4.78, 5) is 0. The van der Waals surface area contributed by atoms with Gasteiger partial charge in [-0.15, -0.1) is 26.3 Å². The van der Waals surface area contributed by atoms with Crippen molar-refractivity contribution in [3.8, 4) is 33.8 Å². The monoisotopic (exact) mass is 1380 g/mol. The smallest absolute Gasteiger partial charge is 0.404 e. The van der Waals surface area contributed by atoms with Crippen LogP contribution in [0.5, 0.6) is 11.5 Å². The summed E-state index contributed by atoms with van der Waals surface area (Å²) in [6.45, 7) is 1.98. The molecule has 0 bridgehead atoms. The quantitative estimate of drug-likeness (QED) is 0.141. The molecule has 0 radical (unpaired) electrons. The van der Waals surface area contributed by atoms with E-state index in [-0.39, 0.29) is 11.5 Å². The van der Waals surface area contributed by atoms with E-state index in [1.807, 2.05) is 97.3 Å². The van der Waals surface area contributed by atoms with E-state index in [1.54, 1.807) is 24.3 Å². The van der Waals surface area contributed by atoms with Gasteiger partial charge >= 0.3 is 12.7 Å². The lowest BCUT2D eigenvalue weighted by Gasteiger charge is -2.17. The number of alkyl halides is 6. The first-order valence-electron chi connectivity index (χ1n) is 11.6. The molecule has 0 atom stereocenters. The van der Waals surface area contributed by atoms with E-state index >= 15 is 0 Å². The van der Waals surface area contributed by atoms with Gasteiger partial charge in [0.2, 0.25) is 0 Å². The Bertz CT molecular complexity index is 1500. The van der Waals surface area contributed by atoms with Crippen LogP contribution >= 0.6 is 158 Å². The minimum absolute atomic E-state index is 0.204. The van der Waals surface area contributed by atoms with Crippen LogP contribution in [0.2, 0.25) is 0 Å². The molecule has 0 N–H and O–H groups in total. The van der Waals surface area contributed by atoms with E-state index in [4.69, 9.17) is 0 Å². The zero-order valence-corrected chi connectivity index (χ0v) is 36.2. The fourth-order valence-corrected chi connectivity index (χ4v) is 12.0. The summed E-state index contributed by atoms with van der Waals surface area (Å²) in [5.41, 5.74) is 6.62. The first-order valence-corrected chi connectivity index (χ1v) is 19.2. The summed E-state index contributed by atoms with van der Waals surface area (Å²) in [5.74, 6) is -0.410.